The van der Waals surface area contributed by atoms with Gasteiger partial charge in [0.25, 0.3) is 0 Å². The summed E-state index contributed by atoms with van der Waals surface area (Å²) in [6.07, 6.45) is 3.99. The van der Waals surface area contributed by atoms with Gasteiger partial charge in [0.05, 0.1) is 11.0 Å². The second-order valence-electron chi connectivity index (χ2n) is 5.00. The number of anilines is 1. The van der Waals surface area contributed by atoms with Crippen LogP contribution >= 0.6 is 22.6 Å². The predicted octanol–water partition coefficient (Wildman–Crippen LogP) is 3.58. The number of hydrogen-bond acceptors (Lipinski definition) is 2. The molecular formula is C13H16IN3. The molecule has 0 aliphatic heterocycles. The fourth-order valence-electron chi connectivity index (χ4n) is 2.50. The molecule has 1 aliphatic rings. The molecule has 1 unspecified atom stereocenters. The zero-order valence-corrected chi connectivity index (χ0v) is 12.0. The average molecular weight is 341 g/mol. The van der Waals surface area contributed by atoms with Crippen molar-refractivity contribution in [1.29, 1.82) is 0 Å². The Morgan fingerprint density at radius 1 is 1.53 bits per heavy atom. The summed E-state index contributed by atoms with van der Waals surface area (Å²) in [4.78, 5) is 4.46. The van der Waals surface area contributed by atoms with Crippen LogP contribution < -0.4 is 5.73 Å². The number of nitrogens with two attached hydrogens (primary N) is 1. The summed E-state index contributed by atoms with van der Waals surface area (Å²) in [6.45, 7) is 2.24. The van der Waals surface area contributed by atoms with Gasteiger partial charge in [0.1, 0.15) is 0 Å². The van der Waals surface area contributed by atoms with E-state index in [1.54, 1.807) is 0 Å². The van der Waals surface area contributed by atoms with E-state index in [0.29, 0.717) is 12.0 Å². The van der Waals surface area contributed by atoms with E-state index in [4.69, 9.17) is 5.73 Å². The lowest BCUT2D eigenvalue weighted by Gasteiger charge is -2.15. The van der Waals surface area contributed by atoms with Crippen molar-refractivity contribution in [3.05, 3.63) is 21.8 Å². The quantitative estimate of drug-likeness (QED) is 0.868. The van der Waals surface area contributed by atoms with Crippen molar-refractivity contribution in [1.82, 2.24) is 9.55 Å². The van der Waals surface area contributed by atoms with Crippen LogP contribution in [-0.2, 0) is 0 Å². The monoisotopic (exact) mass is 341 g/mol. The molecule has 1 atom stereocenters. The van der Waals surface area contributed by atoms with Gasteiger partial charge in [-0.3, -0.25) is 0 Å². The van der Waals surface area contributed by atoms with Crippen LogP contribution in [-0.4, -0.2) is 9.55 Å². The lowest BCUT2D eigenvalue weighted by atomic mass is 10.1. The maximum atomic E-state index is 6.05. The molecule has 3 nitrogen and oxygen atoms in total. The molecule has 4 heteroatoms. The first kappa shape index (κ1) is 11.3. The third-order valence-corrected chi connectivity index (χ3v) is 4.16. The molecule has 90 valence electrons. The first-order chi connectivity index (χ1) is 8.15. The summed E-state index contributed by atoms with van der Waals surface area (Å²) in [6, 6.07) is 6.79. The van der Waals surface area contributed by atoms with Crippen molar-refractivity contribution in [2.45, 2.75) is 32.2 Å². The Hall–Kier alpha value is -0.780. The summed E-state index contributed by atoms with van der Waals surface area (Å²) < 4.78 is 3.39. The normalized spacial score (nSPS) is 17.5. The van der Waals surface area contributed by atoms with Crippen LogP contribution in [0.2, 0.25) is 0 Å². The number of benzene rings is 1. The number of rotatable bonds is 3. The van der Waals surface area contributed by atoms with Gasteiger partial charge in [-0.05, 0) is 60.1 Å². The Morgan fingerprint density at radius 2 is 2.29 bits per heavy atom. The highest BCUT2D eigenvalue weighted by molar-refractivity contribution is 14.1. The molecule has 0 radical (unpaired) electrons. The summed E-state index contributed by atoms with van der Waals surface area (Å²) in [5.41, 5.74) is 8.22. The molecule has 2 aromatic rings. The molecule has 1 fully saturated rings. The van der Waals surface area contributed by atoms with Crippen LogP contribution in [0.3, 0.4) is 0 Å². The molecule has 1 heterocycles. The van der Waals surface area contributed by atoms with Crippen molar-refractivity contribution in [3.63, 3.8) is 0 Å². The van der Waals surface area contributed by atoms with Crippen molar-refractivity contribution in [3.8, 4) is 0 Å². The van der Waals surface area contributed by atoms with Crippen LogP contribution in [0.5, 0.6) is 0 Å². The molecule has 3 rings (SSSR count). The Morgan fingerprint density at radius 3 is 3.00 bits per heavy atom. The van der Waals surface area contributed by atoms with E-state index in [0.717, 1.165) is 17.0 Å². The molecule has 17 heavy (non-hydrogen) atoms. The Kier molecular flexibility index (Phi) is 2.77. The lowest BCUT2D eigenvalue weighted by molar-refractivity contribution is 0.492. The van der Waals surface area contributed by atoms with Gasteiger partial charge < -0.3 is 10.3 Å². The number of hydrogen-bond donors (Lipinski definition) is 1. The summed E-state index contributed by atoms with van der Waals surface area (Å²) in [7, 11) is 0. The van der Waals surface area contributed by atoms with Crippen LogP contribution in [0, 0.1) is 9.49 Å². The Labute approximate surface area is 115 Å². The minimum Gasteiger partial charge on any atom is -0.369 e. The fraction of sp³-hybridized carbons (Fsp3) is 0.462. The van der Waals surface area contributed by atoms with E-state index in [2.05, 4.69) is 57.3 Å². The molecule has 1 aliphatic carbocycles. The van der Waals surface area contributed by atoms with Gasteiger partial charge in [-0.1, -0.05) is 12.8 Å². The van der Waals surface area contributed by atoms with E-state index < -0.39 is 0 Å². The first-order valence-corrected chi connectivity index (χ1v) is 7.16. The Balaban J connectivity index is 2.04. The summed E-state index contributed by atoms with van der Waals surface area (Å²) in [5.74, 6) is 1.56. The van der Waals surface area contributed by atoms with Gasteiger partial charge in [0, 0.05) is 9.61 Å². The molecule has 0 saturated heterocycles. The number of aromatic nitrogens is 2. The second kappa shape index (κ2) is 4.15. The van der Waals surface area contributed by atoms with Gasteiger partial charge in [0.15, 0.2) is 0 Å². The van der Waals surface area contributed by atoms with Gasteiger partial charge in [-0.15, -0.1) is 0 Å². The third kappa shape index (κ3) is 2.14. The third-order valence-electron chi connectivity index (χ3n) is 3.49. The largest absolute Gasteiger partial charge is 0.369 e. The number of halogens is 1. The van der Waals surface area contributed by atoms with E-state index in [1.165, 1.54) is 22.8 Å². The van der Waals surface area contributed by atoms with Crippen LogP contribution in [0.1, 0.15) is 32.2 Å². The molecule has 0 bridgehead atoms. The van der Waals surface area contributed by atoms with Crippen molar-refractivity contribution in [2.75, 3.05) is 5.73 Å². The van der Waals surface area contributed by atoms with Crippen LogP contribution in [0.4, 0.5) is 5.95 Å². The molecule has 1 aromatic heterocycles. The molecule has 1 saturated carbocycles. The Bertz CT molecular complexity index is 557. The molecule has 0 spiro atoms. The zero-order chi connectivity index (χ0) is 12.0. The maximum Gasteiger partial charge on any atom is 0.201 e. The maximum absolute atomic E-state index is 6.05. The SMILES string of the molecule is CC(CC1CC1)n1c(N)nc2cc(I)ccc21. The molecule has 1 aromatic carbocycles. The van der Waals surface area contributed by atoms with Crippen molar-refractivity contribution >= 4 is 39.6 Å². The van der Waals surface area contributed by atoms with Gasteiger partial charge in [0.2, 0.25) is 5.95 Å². The highest BCUT2D eigenvalue weighted by Gasteiger charge is 2.25. The minimum atomic E-state index is 0.451. The highest BCUT2D eigenvalue weighted by atomic mass is 127. The number of nitrogen functional groups attached to an aromatic ring is 1. The van der Waals surface area contributed by atoms with E-state index >= 15 is 0 Å². The first-order valence-electron chi connectivity index (χ1n) is 6.08. The van der Waals surface area contributed by atoms with Gasteiger partial charge >= 0.3 is 0 Å². The molecular weight excluding hydrogens is 325 g/mol. The standard InChI is InChI=1S/C13H16IN3/c1-8(6-9-2-3-9)17-12-5-4-10(14)7-11(12)16-13(17)15/h4-5,7-9H,2-3,6H2,1H3,(H2,15,16). The van der Waals surface area contributed by atoms with E-state index in [9.17, 15) is 0 Å². The average Bonchev–Trinajstić information content (AvgIpc) is 2.99. The second-order valence-corrected chi connectivity index (χ2v) is 6.25. The fourth-order valence-corrected chi connectivity index (χ4v) is 2.97. The zero-order valence-electron chi connectivity index (χ0n) is 9.86. The predicted molar refractivity (Wildman–Crippen MR) is 78.9 cm³/mol. The van der Waals surface area contributed by atoms with Gasteiger partial charge in [-0.2, -0.15) is 0 Å². The molecule has 2 N–H and O–H groups in total. The van der Waals surface area contributed by atoms with Gasteiger partial charge in [-0.25, -0.2) is 4.98 Å². The van der Waals surface area contributed by atoms with E-state index in [1.807, 2.05) is 0 Å². The smallest absolute Gasteiger partial charge is 0.201 e. The highest BCUT2D eigenvalue weighted by Crippen LogP contribution is 2.38. The topological polar surface area (TPSA) is 43.8 Å². The number of fused-ring (bicyclic) bond motifs is 1. The molecule has 0 amide bonds. The van der Waals surface area contributed by atoms with Crippen molar-refractivity contribution < 1.29 is 0 Å². The lowest BCUT2D eigenvalue weighted by Crippen LogP contribution is -2.09. The summed E-state index contributed by atoms with van der Waals surface area (Å²) >= 11 is 2.31. The minimum absolute atomic E-state index is 0.451. The van der Waals surface area contributed by atoms with Crippen molar-refractivity contribution in [2.24, 2.45) is 5.92 Å². The van der Waals surface area contributed by atoms with Crippen LogP contribution in [0.25, 0.3) is 11.0 Å². The van der Waals surface area contributed by atoms with E-state index in [-0.39, 0.29) is 0 Å². The number of imidazole rings is 1. The summed E-state index contributed by atoms with van der Waals surface area (Å²) in [5, 5.41) is 0. The van der Waals surface area contributed by atoms with Crippen LogP contribution in [0.15, 0.2) is 18.2 Å². The number of nitrogens with zero attached hydrogens (tertiary/aromatic N) is 2.